The molecule has 1 aliphatic heterocycles. The summed E-state index contributed by atoms with van der Waals surface area (Å²) in [5.41, 5.74) is 6.31. The van der Waals surface area contributed by atoms with E-state index in [1.165, 1.54) is 17.0 Å². The molecule has 1 heterocycles. The Labute approximate surface area is 109 Å². The molecule has 3 N–H and O–H groups in total. The largest absolute Gasteiger partial charge is 0.480 e. The Morgan fingerprint density at radius 2 is 2.17 bits per heavy atom. The lowest BCUT2D eigenvalue weighted by Gasteiger charge is -2.21. The first kappa shape index (κ1) is 12.7. The molecule has 2 rings (SSSR count). The first-order valence-electron chi connectivity index (χ1n) is 5.59. The SMILES string of the molecule is Nc1cc(C(=O)N2CCC[C@@H]2C(=O)O)ccc1Cl. The Kier molecular flexibility index (Phi) is 3.43. The molecule has 5 nitrogen and oxygen atoms in total. The van der Waals surface area contributed by atoms with Gasteiger partial charge < -0.3 is 15.7 Å². The summed E-state index contributed by atoms with van der Waals surface area (Å²) in [4.78, 5) is 24.6. The third-order valence-corrected chi connectivity index (χ3v) is 3.39. The number of benzene rings is 1. The van der Waals surface area contributed by atoms with Crippen LogP contribution in [0.4, 0.5) is 5.69 Å². The van der Waals surface area contributed by atoms with Gasteiger partial charge in [-0.2, -0.15) is 0 Å². The number of rotatable bonds is 2. The van der Waals surface area contributed by atoms with Gasteiger partial charge in [0.15, 0.2) is 0 Å². The maximum atomic E-state index is 12.2. The molecule has 1 aromatic rings. The number of hydrogen-bond acceptors (Lipinski definition) is 3. The topological polar surface area (TPSA) is 83.6 Å². The summed E-state index contributed by atoms with van der Waals surface area (Å²) in [7, 11) is 0. The van der Waals surface area contributed by atoms with Gasteiger partial charge >= 0.3 is 5.97 Å². The molecule has 1 amide bonds. The third kappa shape index (κ3) is 2.26. The van der Waals surface area contributed by atoms with E-state index in [0.717, 1.165) is 0 Å². The maximum Gasteiger partial charge on any atom is 0.326 e. The van der Waals surface area contributed by atoms with Gasteiger partial charge in [0.05, 0.1) is 10.7 Å². The summed E-state index contributed by atoms with van der Waals surface area (Å²) in [6.45, 7) is 0.457. The Morgan fingerprint density at radius 1 is 1.44 bits per heavy atom. The summed E-state index contributed by atoms with van der Waals surface area (Å²) in [5.74, 6) is -1.29. The smallest absolute Gasteiger partial charge is 0.326 e. The molecule has 1 fully saturated rings. The monoisotopic (exact) mass is 268 g/mol. The Morgan fingerprint density at radius 3 is 2.78 bits per heavy atom. The van der Waals surface area contributed by atoms with E-state index in [9.17, 15) is 9.59 Å². The Bertz CT molecular complexity index is 504. The van der Waals surface area contributed by atoms with Crippen molar-refractivity contribution < 1.29 is 14.7 Å². The van der Waals surface area contributed by atoms with E-state index < -0.39 is 12.0 Å². The molecule has 1 saturated heterocycles. The summed E-state index contributed by atoms with van der Waals surface area (Å²) in [5, 5.41) is 9.42. The molecule has 0 unspecified atom stereocenters. The van der Waals surface area contributed by atoms with Crippen molar-refractivity contribution >= 4 is 29.2 Å². The summed E-state index contributed by atoms with van der Waals surface area (Å²) < 4.78 is 0. The van der Waals surface area contributed by atoms with Crippen LogP contribution < -0.4 is 5.73 Å². The molecular weight excluding hydrogens is 256 g/mol. The van der Waals surface area contributed by atoms with Crippen LogP contribution in [0.2, 0.25) is 5.02 Å². The Balaban J connectivity index is 2.25. The number of carbonyl (C=O) groups is 2. The molecule has 0 radical (unpaired) electrons. The van der Waals surface area contributed by atoms with E-state index in [4.69, 9.17) is 22.4 Å². The lowest BCUT2D eigenvalue weighted by molar-refractivity contribution is -0.141. The number of carboxylic acids is 1. The van der Waals surface area contributed by atoms with E-state index in [1.807, 2.05) is 0 Å². The van der Waals surface area contributed by atoms with Gasteiger partial charge in [0.25, 0.3) is 5.91 Å². The first-order chi connectivity index (χ1) is 8.50. The third-order valence-electron chi connectivity index (χ3n) is 3.04. The van der Waals surface area contributed by atoms with Gasteiger partial charge in [0.2, 0.25) is 0 Å². The highest BCUT2D eigenvalue weighted by Gasteiger charge is 2.34. The van der Waals surface area contributed by atoms with Gasteiger partial charge in [-0.1, -0.05) is 11.6 Å². The van der Waals surface area contributed by atoms with Crippen LogP contribution in [0, 0.1) is 0 Å². The van der Waals surface area contributed by atoms with Crippen molar-refractivity contribution in [2.45, 2.75) is 18.9 Å². The normalized spacial score (nSPS) is 18.9. The number of hydrogen-bond donors (Lipinski definition) is 2. The fourth-order valence-corrected chi connectivity index (χ4v) is 2.23. The molecule has 1 atom stereocenters. The van der Waals surface area contributed by atoms with Crippen molar-refractivity contribution in [3.05, 3.63) is 28.8 Å². The van der Waals surface area contributed by atoms with Crippen molar-refractivity contribution in [3.8, 4) is 0 Å². The highest BCUT2D eigenvalue weighted by atomic mass is 35.5. The molecular formula is C12H13ClN2O3. The van der Waals surface area contributed by atoms with Crippen molar-refractivity contribution in [3.63, 3.8) is 0 Å². The molecule has 0 spiro atoms. The minimum atomic E-state index is -0.970. The Hall–Kier alpha value is -1.75. The van der Waals surface area contributed by atoms with Crippen LogP contribution in [0.3, 0.4) is 0 Å². The van der Waals surface area contributed by atoms with Crippen LogP contribution >= 0.6 is 11.6 Å². The predicted molar refractivity (Wildman–Crippen MR) is 67.6 cm³/mol. The highest BCUT2D eigenvalue weighted by Crippen LogP contribution is 2.24. The van der Waals surface area contributed by atoms with Crippen LogP contribution in [0.15, 0.2) is 18.2 Å². The van der Waals surface area contributed by atoms with Crippen LogP contribution in [-0.4, -0.2) is 34.5 Å². The van der Waals surface area contributed by atoms with E-state index in [-0.39, 0.29) is 5.91 Å². The second kappa shape index (κ2) is 4.86. The van der Waals surface area contributed by atoms with Gasteiger partial charge in [-0.3, -0.25) is 4.79 Å². The number of anilines is 1. The molecule has 6 heteroatoms. The lowest BCUT2D eigenvalue weighted by atomic mass is 10.1. The molecule has 96 valence electrons. The zero-order valence-corrected chi connectivity index (χ0v) is 10.4. The second-order valence-electron chi connectivity index (χ2n) is 4.23. The first-order valence-corrected chi connectivity index (χ1v) is 5.97. The van der Waals surface area contributed by atoms with Gasteiger partial charge in [-0.05, 0) is 31.0 Å². The van der Waals surface area contributed by atoms with Gasteiger partial charge in [-0.25, -0.2) is 4.79 Å². The zero-order valence-electron chi connectivity index (χ0n) is 9.60. The van der Waals surface area contributed by atoms with Crippen molar-refractivity contribution in [2.75, 3.05) is 12.3 Å². The van der Waals surface area contributed by atoms with E-state index in [2.05, 4.69) is 0 Å². The summed E-state index contributed by atoms with van der Waals surface area (Å²) in [6, 6.07) is 3.82. The standard InChI is InChI=1S/C12H13ClN2O3/c13-8-4-3-7(6-9(8)14)11(16)15-5-1-2-10(15)12(17)18/h3-4,6,10H,1-2,5,14H2,(H,17,18)/t10-/m1/s1. The fourth-order valence-electron chi connectivity index (χ4n) is 2.11. The average Bonchev–Trinajstić information content (AvgIpc) is 2.81. The fraction of sp³-hybridized carbons (Fsp3) is 0.333. The number of amides is 1. The number of carboxylic acid groups (broad SMARTS) is 1. The van der Waals surface area contributed by atoms with E-state index >= 15 is 0 Å². The number of halogens is 1. The number of carbonyl (C=O) groups excluding carboxylic acids is 1. The molecule has 0 saturated carbocycles. The number of likely N-dealkylation sites (tertiary alicyclic amines) is 1. The van der Waals surface area contributed by atoms with Crippen LogP contribution in [-0.2, 0) is 4.79 Å². The van der Waals surface area contributed by atoms with E-state index in [1.54, 1.807) is 6.07 Å². The number of nitrogens with two attached hydrogens (primary N) is 1. The number of aliphatic carboxylic acids is 1. The quantitative estimate of drug-likeness (QED) is 0.798. The minimum Gasteiger partial charge on any atom is -0.480 e. The van der Waals surface area contributed by atoms with Crippen LogP contribution in [0.1, 0.15) is 23.2 Å². The van der Waals surface area contributed by atoms with E-state index in [0.29, 0.717) is 35.7 Å². The number of nitrogens with zero attached hydrogens (tertiary/aromatic N) is 1. The highest BCUT2D eigenvalue weighted by molar-refractivity contribution is 6.33. The molecule has 1 aliphatic rings. The molecule has 18 heavy (non-hydrogen) atoms. The predicted octanol–water partition coefficient (Wildman–Crippen LogP) is 1.61. The lowest BCUT2D eigenvalue weighted by Crippen LogP contribution is -2.40. The number of nitrogen functional groups attached to an aromatic ring is 1. The van der Waals surface area contributed by atoms with Gasteiger partial charge in [0.1, 0.15) is 6.04 Å². The van der Waals surface area contributed by atoms with Crippen molar-refractivity contribution in [1.82, 2.24) is 4.90 Å². The van der Waals surface area contributed by atoms with Gasteiger partial charge in [-0.15, -0.1) is 0 Å². The maximum absolute atomic E-state index is 12.2. The zero-order chi connectivity index (χ0) is 13.3. The molecule has 0 aliphatic carbocycles. The summed E-state index contributed by atoms with van der Waals surface area (Å²) >= 11 is 5.78. The second-order valence-corrected chi connectivity index (χ2v) is 4.64. The van der Waals surface area contributed by atoms with Gasteiger partial charge in [0, 0.05) is 12.1 Å². The molecule has 1 aromatic carbocycles. The van der Waals surface area contributed by atoms with Crippen LogP contribution in [0.5, 0.6) is 0 Å². The molecule has 0 aromatic heterocycles. The minimum absolute atomic E-state index is 0.314. The van der Waals surface area contributed by atoms with Crippen molar-refractivity contribution in [1.29, 1.82) is 0 Å². The van der Waals surface area contributed by atoms with Crippen molar-refractivity contribution in [2.24, 2.45) is 0 Å². The molecule has 0 bridgehead atoms. The summed E-state index contributed by atoms with van der Waals surface area (Å²) in [6.07, 6.45) is 1.19. The average molecular weight is 269 g/mol. The van der Waals surface area contributed by atoms with Crippen LogP contribution in [0.25, 0.3) is 0 Å².